The zero-order valence-corrected chi connectivity index (χ0v) is 17.2. The minimum atomic E-state index is -0.0766. The quantitative estimate of drug-likeness (QED) is 0.630. The molecule has 8 heteroatoms. The van der Waals surface area contributed by atoms with Crippen LogP contribution in [0.1, 0.15) is 53.2 Å². The number of nitrogens with zero attached hydrogens (tertiary/aromatic N) is 4. The normalized spacial score (nSPS) is 16.6. The number of benzene rings is 1. The molecule has 1 atom stereocenters. The lowest BCUT2D eigenvalue weighted by atomic mass is 9.93. The van der Waals surface area contributed by atoms with Crippen molar-refractivity contribution in [2.75, 3.05) is 20.2 Å². The summed E-state index contributed by atoms with van der Waals surface area (Å²) >= 11 is 0. The highest BCUT2D eigenvalue weighted by Gasteiger charge is 2.28. The van der Waals surface area contributed by atoms with Crippen LogP contribution in [0.3, 0.4) is 0 Å². The summed E-state index contributed by atoms with van der Waals surface area (Å²) in [7, 11) is 1.55. The number of methoxy groups -OCH3 is 1. The number of likely N-dealkylation sites (tertiary alicyclic amines) is 1. The first-order valence-electron chi connectivity index (χ1n) is 10.2. The molecule has 1 fully saturated rings. The van der Waals surface area contributed by atoms with Gasteiger partial charge in [-0.25, -0.2) is 9.97 Å². The molecule has 0 aliphatic carbocycles. The molecule has 3 aromatic rings. The Morgan fingerprint density at radius 2 is 2.07 bits per heavy atom. The molecule has 1 aliphatic heterocycles. The maximum atomic E-state index is 12.8. The number of aromatic amines is 1. The molecule has 1 aromatic carbocycles. The molecule has 0 saturated carbocycles. The number of carbonyl (C=O) groups is 2. The van der Waals surface area contributed by atoms with Crippen molar-refractivity contribution in [1.82, 2.24) is 25.1 Å². The molecular weight excluding hydrogens is 382 g/mol. The highest BCUT2D eigenvalue weighted by molar-refractivity contribution is 6.00. The van der Waals surface area contributed by atoms with Crippen molar-refractivity contribution in [1.29, 1.82) is 0 Å². The Kier molecular flexibility index (Phi) is 5.74. The van der Waals surface area contributed by atoms with Crippen LogP contribution in [0.4, 0.5) is 0 Å². The Labute approximate surface area is 174 Å². The summed E-state index contributed by atoms with van der Waals surface area (Å²) in [5, 5.41) is 7.27. The van der Waals surface area contributed by atoms with E-state index in [-0.39, 0.29) is 30.4 Å². The molecule has 1 N–H and O–H groups in total. The molecule has 8 nitrogen and oxygen atoms in total. The first-order valence-corrected chi connectivity index (χ1v) is 10.2. The van der Waals surface area contributed by atoms with Crippen molar-refractivity contribution in [2.45, 2.75) is 38.5 Å². The maximum Gasteiger partial charge on any atom is 0.223 e. The first-order chi connectivity index (χ1) is 14.6. The van der Waals surface area contributed by atoms with E-state index < -0.39 is 0 Å². The predicted octanol–water partition coefficient (Wildman–Crippen LogP) is 3.04. The van der Waals surface area contributed by atoms with Gasteiger partial charge in [0.1, 0.15) is 11.3 Å². The standard InChI is InChI=1S/C22H25N5O3/c1-14-5-7-18(30-2)16(12-14)17(28)6-8-19(29)27-11-3-4-15(13-27)20-21-22(26-25-20)24-10-9-23-21/h5,7,9-10,12,15H,3-4,6,8,11,13H2,1-2H3,(H,24,25,26)/t15-/m1/s1. The SMILES string of the molecule is COc1ccc(C)cc1C(=O)CCC(=O)N1CCC[C@@H](c2[nH]nc3nccnc23)C1. The lowest BCUT2D eigenvalue weighted by molar-refractivity contribution is -0.132. The van der Waals surface area contributed by atoms with Gasteiger partial charge in [-0.2, -0.15) is 5.10 Å². The van der Waals surface area contributed by atoms with Gasteiger partial charge in [-0.05, 0) is 31.9 Å². The van der Waals surface area contributed by atoms with E-state index in [0.717, 1.165) is 29.6 Å². The molecule has 4 rings (SSSR count). The largest absolute Gasteiger partial charge is 0.496 e. The van der Waals surface area contributed by atoms with E-state index in [0.29, 0.717) is 30.0 Å². The van der Waals surface area contributed by atoms with Crippen LogP contribution in [-0.2, 0) is 4.79 Å². The van der Waals surface area contributed by atoms with E-state index >= 15 is 0 Å². The van der Waals surface area contributed by atoms with Gasteiger partial charge in [-0.1, -0.05) is 11.6 Å². The third kappa shape index (κ3) is 4.03. The minimum absolute atomic E-state index is 0.00502. The van der Waals surface area contributed by atoms with E-state index in [1.54, 1.807) is 25.6 Å². The van der Waals surface area contributed by atoms with Crippen LogP contribution >= 0.6 is 0 Å². The Morgan fingerprint density at radius 3 is 2.90 bits per heavy atom. The van der Waals surface area contributed by atoms with Gasteiger partial charge in [0, 0.05) is 44.2 Å². The van der Waals surface area contributed by atoms with Gasteiger partial charge in [-0.3, -0.25) is 14.7 Å². The second-order valence-corrected chi connectivity index (χ2v) is 7.67. The van der Waals surface area contributed by atoms with E-state index in [1.807, 2.05) is 24.0 Å². The van der Waals surface area contributed by atoms with Crippen molar-refractivity contribution >= 4 is 22.9 Å². The summed E-state index contributed by atoms with van der Waals surface area (Å²) in [6, 6.07) is 5.50. The van der Waals surface area contributed by atoms with Gasteiger partial charge in [-0.15, -0.1) is 0 Å². The van der Waals surface area contributed by atoms with E-state index in [9.17, 15) is 9.59 Å². The second kappa shape index (κ2) is 8.61. The van der Waals surface area contributed by atoms with Crippen LogP contribution in [0.5, 0.6) is 5.75 Å². The molecule has 30 heavy (non-hydrogen) atoms. The number of rotatable bonds is 6. The molecule has 0 bridgehead atoms. The molecule has 3 heterocycles. The van der Waals surface area contributed by atoms with Crippen molar-refractivity contribution in [3.8, 4) is 5.75 Å². The van der Waals surface area contributed by atoms with Crippen LogP contribution < -0.4 is 4.74 Å². The average molecular weight is 407 g/mol. The third-order valence-electron chi connectivity index (χ3n) is 5.62. The molecule has 1 saturated heterocycles. The molecule has 1 aliphatic rings. The molecule has 156 valence electrons. The van der Waals surface area contributed by atoms with Gasteiger partial charge in [0.05, 0.1) is 18.4 Å². The fraction of sp³-hybridized carbons (Fsp3) is 0.409. The van der Waals surface area contributed by atoms with Crippen LogP contribution in [0.15, 0.2) is 30.6 Å². The van der Waals surface area contributed by atoms with E-state index in [1.165, 1.54) is 0 Å². The number of ketones is 1. The van der Waals surface area contributed by atoms with Crippen molar-refractivity contribution < 1.29 is 14.3 Å². The topological polar surface area (TPSA) is 101 Å². The number of nitrogens with one attached hydrogen (secondary N) is 1. The molecule has 0 radical (unpaired) electrons. The van der Waals surface area contributed by atoms with Crippen LogP contribution in [-0.4, -0.2) is 57.0 Å². The van der Waals surface area contributed by atoms with Gasteiger partial charge >= 0.3 is 0 Å². The second-order valence-electron chi connectivity index (χ2n) is 7.67. The van der Waals surface area contributed by atoms with Gasteiger partial charge in [0.25, 0.3) is 0 Å². The zero-order chi connectivity index (χ0) is 21.1. The van der Waals surface area contributed by atoms with E-state index in [4.69, 9.17) is 4.74 Å². The van der Waals surface area contributed by atoms with Crippen molar-refractivity contribution in [3.05, 3.63) is 47.4 Å². The third-order valence-corrected chi connectivity index (χ3v) is 5.62. The molecule has 0 spiro atoms. The van der Waals surface area contributed by atoms with Crippen LogP contribution in [0.2, 0.25) is 0 Å². The summed E-state index contributed by atoms with van der Waals surface area (Å²) in [4.78, 5) is 36.0. The first kappa shape index (κ1) is 20.0. The summed E-state index contributed by atoms with van der Waals surface area (Å²) in [6.45, 7) is 3.22. The summed E-state index contributed by atoms with van der Waals surface area (Å²) in [6.07, 6.45) is 5.47. The number of Topliss-reactive ketones (excluding diaryl/α,β-unsaturated/α-hetero) is 1. The predicted molar refractivity (Wildman–Crippen MR) is 112 cm³/mol. The molecule has 2 aromatic heterocycles. The number of piperidine rings is 1. The number of H-pyrrole nitrogens is 1. The fourth-order valence-corrected chi connectivity index (χ4v) is 4.05. The number of hydrogen-bond donors (Lipinski definition) is 1. The maximum absolute atomic E-state index is 12.8. The Bertz CT molecular complexity index is 1080. The molecular formula is C22H25N5O3. The average Bonchev–Trinajstić information content (AvgIpc) is 3.21. The van der Waals surface area contributed by atoms with Crippen molar-refractivity contribution in [2.24, 2.45) is 0 Å². The number of carbonyl (C=O) groups excluding carboxylic acids is 2. The highest BCUT2D eigenvalue weighted by Crippen LogP contribution is 2.29. The number of fused-ring (bicyclic) bond motifs is 1. The monoisotopic (exact) mass is 407 g/mol. The lowest BCUT2D eigenvalue weighted by Gasteiger charge is -2.32. The number of aromatic nitrogens is 4. The number of hydrogen-bond acceptors (Lipinski definition) is 6. The highest BCUT2D eigenvalue weighted by atomic mass is 16.5. The molecule has 0 unspecified atom stereocenters. The van der Waals surface area contributed by atoms with E-state index in [2.05, 4.69) is 20.2 Å². The van der Waals surface area contributed by atoms with Gasteiger partial charge in [0.2, 0.25) is 5.91 Å². The zero-order valence-electron chi connectivity index (χ0n) is 17.2. The summed E-state index contributed by atoms with van der Waals surface area (Å²) in [5.74, 6) is 0.599. The Hall–Kier alpha value is -3.29. The molecule has 1 amide bonds. The smallest absolute Gasteiger partial charge is 0.223 e. The number of aryl methyl sites for hydroxylation is 1. The fourth-order valence-electron chi connectivity index (χ4n) is 4.05. The van der Waals surface area contributed by atoms with Crippen LogP contribution in [0.25, 0.3) is 11.2 Å². The number of ether oxygens (including phenoxy) is 1. The van der Waals surface area contributed by atoms with Gasteiger partial charge < -0.3 is 9.64 Å². The van der Waals surface area contributed by atoms with Gasteiger partial charge in [0.15, 0.2) is 11.4 Å². The Morgan fingerprint density at radius 1 is 1.23 bits per heavy atom. The van der Waals surface area contributed by atoms with Crippen LogP contribution in [0, 0.1) is 6.92 Å². The van der Waals surface area contributed by atoms with Crippen molar-refractivity contribution in [3.63, 3.8) is 0 Å². The minimum Gasteiger partial charge on any atom is -0.496 e. The Balaban J connectivity index is 1.40. The lowest BCUT2D eigenvalue weighted by Crippen LogP contribution is -2.39. The summed E-state index contributed by atoms with van der Waals surface area (Å²) in [5.41, 5.74) is 3.80. The number of amides is 1. The summed E-state index contributed by atoms with van der Waals surface area (Å²) < 4.78 is 5.30.